The molecule has 0 aliphatic heterocycles. The third-order valence-electron chi connectivity index (χ3n) is 4.79. The highest BCUT2D eigenvalue weighted by Crippen LogP contribution is 2.38. The van der Waals surface area contributed by atoms with E-state index in [4.69, 9.17) is 4.74 Å². The van der Waals surface area contributed by atoms with Gasteiger partial charge in [-0.15, -0.1) is 0 Å². The molecule has 138 valence electrons. The standard InChI is InChI=1S/C22H23N3O2/c1-25(2)11-12-27-22-14-17-15-7-3-5-9-19(15)23-21(17)13-18(22)16-8-4-6-10-20(16)24-26/h3-10,13-14,23-24,26H,11-12H2,1-2H3/p+1. The number of rotatable bonds is 6. The lowest BCUT2D eigenvalue weighted by atomic mass is 10.0. The summed E-state index contributed by atoms with van der Waals surface area (Å²) in [5.41, 5.74) is 5.98. The molecule has 0 atom stereocenters. The van der Waals surface area contributed by atoms with E-state index < -0.39 is 0 Å². The number of ether oxygens (including phenoxy) is 1. The second-order valence-electron chi connectivity index (χ2n) is 6.93. The largest absolute Gasteiger partial charge is 0.492 e. The number of quaternary nitrogens is 1. The first kappa shape index (κ1) is 17.5. The maximum Gasteiger partial charge on any atom is 0.169 e. The summed E-state index contributed by atoms with van der Waals surface area (Å²) >= 11 is 0. The summed E-state index contributed by atoms with van der Waals surface area (Å²) in [7, 11) is 4.06. The topological polar surface area (TPSA) is 65.1 Å². The molecule has 0 amide bonds. The van der Waals surface area contributed by atoms with Crippen LogP contribution >= 0.6 is 0 Å². The number of hydrogen-bond donors (Lipinski definition) is 3. The van der Waals surface area contributed by atoms with Gasteiger partial charge in [-0.05, 0) is 38.4 Å². The molecule has 1 heterocycles. The number of hydrogen-bond acceptors (Lipinski definition) is 3. The monoisotopic (exact) mass is 362 g/mol. The molecular weight excluding hydrogens is 338 g/mol. The smallest absolute Gasteiger partial charge is 0.169 e. The Kier molecular flexibility index (Phi) is 4.81. The maximum absolute atomic E-state index is 9.67. The average molecular weight is 362 g/mol. The van der Waals surface area contributed by atoms with Crippen molar-refractivity contribution in [1.82, 2.24) is 9.88 Å². The minimum atomic E-state index is 0.596. The van der Waals surface area contributed by atoms with Crippen molar-refractivity contribution in [3.8, 4) is 16.9 Å². The van der Waals surface area contributed by atoms with Crippen molar-refractivity contribution in [3.05, 3.63) is 60.7 Å². The Morgan fingerprint density at radius 1 is 0.926 bits per heavy atom. The van der Waals surface area contributed by atoms with E-state index in [0.717, 1.165) is 51.0 Å². The third kappa shape index (κ3) is 3.40. The Bertz CT molecular complexity index is 1090. The lowest BCUT2D eigenvalue weighted by molar-refractivity contribution is -0.825. The molecule has 0 saturated carbocycles. The summed E-state index contributed by atoms with van der Waals surface area (Å²) in [6.07, 6.45) is 0. The van der Waals surface area contributed by atoms with Crippen LogP contribution in [0.1, 0.15) is 0 Å². The SMILES string of the molecule is CN(C)CCOc1cc2c(cc1-c1ccccc1[NH2+]O)[nH]c1ccccc12. The average Bonchev–Trinajstić information content (AvgIpc) is 3.04. The first-order valence-electron chi connectivity index (χ1n) is 9.06. The summed E-state index contributed by atoms with van der Waals surface area (Å²) < 4.78 is 6.18. The molecule has 5 heteroatoms. The van der Waals surface area contributed by atoms with Crippen molar-refractivity contribution in [2.24, 2.45) is 0 Å². The van der Waals surface area contributed by atoms with Crippen molar-refractivity contribution in [3.63, 3.8) is 0 Å². The Morgan fingerprint density at radius 2 is 1.70 bits per heavy atom. The summed E-state index contributed by atoms with van der Waals surface area (Å²) in [4.78, 5) is 5.59. The highest BCUT2D eigenvalue weighted by atomic mass is 16.5. The van der Waals surface area contributed by atoms with Crippen LogP contribution in [0, 0.1) is 0 Å². The number of aromatic nitrogens is 1. The predicted octanol–water partition coefficient (Wildman–Crippen LogP) is 3.51. The van der Waals surface area contributed by atoms with Crippen molar-refractivity contribution in [2.75, 3.05) is 27.2 Å². The molecule has 3 aromatic carbocycles. The van der Waals surface area contributed by atoms with E-state index in [-0.39, 0.29) is 0 Å². The van der Waals surface area contributed by atoms with Crippen molar-refractivity contribution in [2.45, 2.75) is 0 Å². The predicted molar refractivity (Wildman–Crippen MR) is 109 cm³/mol. The number of benzene rings is 3. The van der Waals surface area contributed by atoms with Crippen LogP contribution < -0.4 is 10.2 Å². The van der Waals surface area contributed by atoms with Gasteiger partial charge in [-0.25, -0.2) is 5.21 Å². The van der Waals surface area contributed by atoms with Gasteiger partial charge in [-0.2, -0.15) is 5.48 Å². The second-order valence-corrected chi connectivity index (χ2v) is 6.93. The number of nitrogens with zero attached hydrogens (tertiary/aromatic N) is 1. The Hall–Kier alpha value is -2.86. The second kappa shape index (κ2) is 7.40. The van der Waals surface area contributed by atoms with Gasteiger partial charge in [0.05, 0.1) is 0 Å². The number of H-pyrrole nitrogens is 1. The van der Waals surface area contributed by atoms with Crippen LogP contribution in [0.4, 0.5) is 5.69 Å². The molecule has 0 aliphatic rings. The fourth-order valence-electron chi connectivity index (χ4n) is 3.40. The Morgan fingerprint density at radius 3 is 2.52 bits per heavy atom. The normalized spacial score (nSPS) is 11.6. The first-order chi connectivity index (χ1) is 13.2. The molecule has 4 rings (SSSR count). The van der Waals surface area contributed by atoms with Gasteiger partial charge in [-0.1, -0.05) is 30.3 Å². The van der Waals surface area contributed by atoms with Gasteiger partial charge in [0, 0.05) is 45.5 Å². The maximum atomic E-state index is 9.67. The van der Waals surface area contributed by atoms with Crippen LogP contribution in [0.25, 0.3) is 32.9 Å². The number of likely N-dealkylation sites (N-methyl/N-ethyl adjacent to an activating group) is 1. The van der Waals surface area contributed by atoms with E-state index in [0.29, 0.717) is 6.61 Å². The molecule has 27 heavy (non-hydrogen) atoms. The fourth-order valence-corrected chi connectivity index (χ4v) is 3.40. The zero-order chi connectivity index (χ0) is 18.8. The Balaban J connectivity index is 1.90. The number of nitrogens with one attached hydrogen (secondary N) is 1. The molecule has 0 bridgehead atoms. The molecule has 0 unspecified atom stereocenters. The third-order valence-corrected chi connectivity index (χ3v) is 4.79. The Labute approximate surface area is 158 Å². The molecule has 4 N–H and O–H groups in total. The van der Waals surface area contributed by atoms with Gasteiger partial charge in [0.25, 0.3) is 0 Å². The van der Waals surface area contributed by atoms with Gasteiger partial charge >= 0.3 is 0 Å². The van der Waals surface area contributed by atoms with E-state index in [9.17, 15) is 5.21 Å². The van der Waals surface area contributed by atoms with Crippen LogP contribution in [0.3, 0.4) is 0 Å². The van der Waals surface area contributed by atoms with E-state index >= 15 is 0 Å². The van der Waals surface area contributed by atoms with Crippen molar-refractivity contribution in [1.29, 1.82) is 0 Å². The summed E-state index contributed by atoms with van der Waals surface area (Å²) in [6.45, 7) is 1.43. The zero-order valence-corrected chi connectivity index (χ0v) is 15.6. The van der Waals surface area contributed by atoms with Crippen molar-refractivity contribution >= 4 is 27.5 Å². The van der Waals surface area contributed by atoms with Crippen LogP contribution in [-0.4, -0.2) is 42.3 Å². The van der Waals surface area contributed by atoms with Crippen LogP contribution in [0.2, 0.25) is 0 Å². The minimum Gasteiger partial charge on any atom is -0.492 e. The van der Waals surface area contributed by atoms with Gasteiger partial charge < -0.3 is 14.6 Å². The molecule has 5 nitrogen and oxygen atoms in total. The van der Waals surface area contributed by atoms with Gasteiger partial charge in [0.15, 0.2) is 5.69 Å². The van der Waals surface area contributed by atoms with E-state index in [2.05, 4.69) is 34.1 Å². The molecule has 1 aromatic heterocycles. The highest BCUT2D eigenvalue weighted by Gasteiger charge is 2.16. The molecule has 0 radical (unpaired) electrons. The van der Waals surface area contributed by atoms with E-state index in [1.807, 2.05) is 50.5 Å². The van der Waals surface area contributed by atoms with Crippen molar-refractivity contribution < 1.29 is 15.4 Å². The summed E-state index contributed by atoms with van der Waals surface area (Å²) in [5, 5.41) is 12.0. The molecular formula is C22H24N3O2+. The lowest BCUT2D eigenvalue weighted by Crippen LogP contribution is -2.73. The minimum absolute atomic E-state index is 0.596. The number of nitrogens with two attached hydrogens (primary N) is 1. The fraction of sp³-hybridized carbons (Fsp3) is 0.182. The van der Waals surface area contributed by atoms with Crippen LogP contribution in [0.15, 0.2) is 60.7 Å². The summed E-state index contributed by atoms with van der Waals surface area (Å²) in [5.74, 6) is 0.823. The first-order valence-corrected chi connectivity index (χ1v) is 9.06. The number of fused-ring (bicyclic) bond motifs is 3. The summed E-state index contributed by atoms with van der Waals surface area (Å²) in [6, 6.07) is 20.3. The van der Waals surface area contributed by atoms with Gasteiger partial charge in [0.2, 0.25) is 0 Å². The van der Waals surface area contributed by atoms with Crippen LogP contribution in [-0.2, 0) is 0 Å². The zero-order valence-electron chi connectivity index (χ0n) is 15.6. The highest BCUT2D eigenvalue weighted by molar-refractivity contribution is 6.09. The number of aromatic amines is 1. The van der Waals surface area contributed by atoms with Crippen LogP contribution in [0.5, 0.6) is 5.75 Å². The molecule has 0 aliphatic carbocycles. The van der Waals surface area contributed by atoms with Gasteiger partial charge in [0.1, 0.15) is 12.4 Å². The molecule has 0 spiro atoms. The lowest BCUT2D eigenvalue weighted by Gasteiger charge is -2.15. The number of para-hydroxylation sites is 2. The quantitative estimate of drug-likeness (QED) is 0.363. The molecule has 0 fully saturated rings. The molecule has 0 saturated heterocycles. The molecule has 4 aromatic rings. The van der Waals surface area contributed by atoms with E-state index in [1.165, 1.54) is 5.39 Å². The van der Waals surface area contributed by atoms with E-state index in [1.54, 1.807) is 0 Å². The van der Waals surface area contributed by atoms with Gasteiger partial charge in [-0.3, -0.25) is 0 Å².